The topological polar surface area (TPSA) is 109 Å². The number of anilines is 1. The van der Waals surface area contributed by atoms with Crippen molar-refractivity contribution in [2.24, 2.45) is 0 Å². The number of aromatic amines is 1. The second-order valence-electron chi connectivity index (χ2n) is 5.74. The lowest BCUT2D eigenvalue weighted by Gasteiger charge is -2.11. The predicted octanol–water partition coefficient (Wildman–Crippen LogP) is 1.74. The number of amides is 1. The van der Waals surface area contributed by atoms with Crippen molar-refractivity contribution in [3.05, 3.63) is 52.4 Å². The van der Waals surface area contributed by atoms with Crippen LogP contribution in [0.3, 0.4) is 0 Å². The Hall–Kier alpha value is -2.48. The molecule has 126 valence electrons. The van der Waals surface area contributed by atoms with Gasteiger partial charge in [-0.3, -0.25) is 9.59 Å². The molecule has 1 aliphatic carbocycles. The number of benzene rings is 1. The van der Waals surface area contributed by atoms with E-state index >= 15 is 0 Å². The third-order valence-electron chi connectivity index (χ3n) is 4.09. The fraction of sp³-hybridized carbons (Fsp3) is 0.312. The summed E-state index contributed by atoms with van der Waals surface area (Å²) in [6, 6.07) is 8.62. The van der Waals surface area contributed by atoms with Crippen LogP contribution in [-0.4, -0.2) is 29.8 Å². The first-order valence-corrected chi connectivity index (χ1v) is 9.22. The van der Waals surface area contributed by atoms with Crippen LogP contribution < -0.4 is 10.9 Å². The molecule has 24 heavy (non-hydrogen) atoms. The van der Waals surface area contributed by atoms with E-state index in [0.29, 0.717) is 18.5 Å². The van der Waals surface area contributed by atoms with Crippen molar-refractivity contribution in [3.63, 3.8) is 0 Å². The summed E-state index contributed by atoms with van der Waals surface area (Å²) in [6.07, 6.45) is 3.31. The summed E-state index contributed by atoms with van der Waals surface area (Å²) < 4.78 is 25.0. The standard InChI is InChI=1S/C16H17N3O4S/c20-15-10-9-14(18-19-15)16(21)17-11-5-7-13(8-6-11)24(22,23)12-3-1-2-4-12/h5-10,12H,1-4H2,(H,17,21)(H,19,20). The van der Waals surface area contributed by atoms with E-state index in [1.54, 1.807) is 12.1 Å². The van der Waals surface area contributed by atoms with Crippen LogP contribution >= 0.6 is 0 Å². The van der Waals surface area contributed by atoms with Gasteiger partial charge in [0.05, 0.1) is 10.1 Å². The number of H-pyrrole nitrogens is 1. The van der Waals surface area contributed by atoms with Gasteiger partial charge in [0.25, 0.3) is 11.5 Å². The third kappa shape index (κ3) is 3.38. The molecule has 0 unspecified atom stereocenters. The number of hydrogen-bond acceptors (Lipinski definition) is 5. The van der Waals surface area contributed by atoms with Crippen LogP contribution in [0.5, 0.6) is 0 Å². The maximum atomic E-state index is 12.5. The molecule has 1 saturated carbocycles. The molecule has 0 aliphatic heterocycles. The maximum Gasteiger partial charge on any atom is 0.276 e. The van der Waals surface area contributed by atoms with E-state index in [1.807, 2.05) is 0 Å². The number of carbonyl (C=O) groups excluding carboxylic acids is 1. The summed E-state index contributed by atoms with van der Waals surface area (Å²) >= 11 is 0. The molecule has 3 rings (SSSR count). The zero-order valence-electron chi connectivity index (χ0n) is 12.9. The van der Waals surface area contributed by atoms with Crippen molar-refractivity contribution in [1.82, 2.24) is 10.2 Å². The molecule has 0 bridgehead atoms. The van der Waals surface area contributed by atoms with Gasteiger partial charge in [0.2, 0.25) is 0 Å². The monoisotopic (exact) mass is 347 g/mol. The number of sulfone groups is 1. The number of aromatic nitrogens is 2. The first-order valence-electron chi connectivity index (χ1n) is 7.68. The molecule has 1 aromatic heterocycles. The summed E-state index contributed by atoms with van der Waals surface area (Å²) in [4.78, 5) is 23.2. The van der Waals surface area contributed by atoms with E-state index in [4.69, 9.17) is 0 Å². The Morgan fingerprint density at radius 3 is 2.33 bits per heavy atom. The molecule has 7 nitrogen and oxygen atoms in total. The van der Waals surface area contributed by atoms with Gasteiger partial charge in [-0.25, -0.2) is 13.5 Å². The zero-order valence-corrected chi connectivity index (χ0v) is 13.7. The van der Waals surface area contributed by atoms with Gasteiger partial charge >= 0.3 is 0 Å². The van der Waals surface area contributed by atoms with Crippen molar-refractivity contribution >= 4 is 21.4 Å². The molecule has 8 heteroatoms. The van der Waals surface area contributed by atoms with Crippen LogP contribution in [0.2, 0.25) is 0 Å². The summed E-state index contributed by atoms with van der Waals surface area (Å²) in [7, 11) is -3.31. The van der Waals surface area contributed by atoms with Crippen LogP contribution in [0, 0.1) is 0 Å². The average Bonchev–Trinajstić information content (AvgIpc) is 3.11. The lowest BCUT2D eigenvalue weighted by atomic mass is 10.3. The van der Waals surface area contributed by atoms with E-state index in [2.05, 4.69) is 15.5 Å². The van der Waals surface area contributed by atoms with Crippen LogP contribution in [0.15, 0.2) is 46.1 Å². The molecule has 1 amide bonds. The van der Waals surface area contributed by atoms with Gasteiger partial charge in [-0.15, -0.1) is 0 Å². The molecule has 1 aromatic carbocycles. The van der Waals surface area contributed by atoms with Gasteiger partial charge in [0.1, 0.15) is 5.69 Å². The second kappa shape index (κ2) is 6.56. The lowest BCUT2D eigenvalue weighted by molar-refractivity contribution is 0.102. The molecular weight excluding hydrogens is 330 g/mol. The minimum absolute atomic E-state index is 0.0669. The minimum Gasteiger partial charge on any atom is -0.321 e. The Labute approximate surface area is 139 Å². The van der Waals surface area contributed by atoms with Gasteiger partial charge < -0.3 is 5.32 Å². The Morgan fingerprint density at radius 1 is 1.08 bits per heavy atom. The van der Waals surface area contributed by atoms with Crippen molar-refractivity contribution in [2.45, 2.75) is 35.8 Å². The van der Waals surface area contributed by atoms with Crippen LogP contribution in [0.1, 0.15) is 36.2 Å². The van der Waals surface area contributed by atoms with E-state index in [-0.39, 0.29) is 15.8 Å². The minimum atomic E-state index is -3.31. The molecule has 1 aliphatic rings. The number of carbonyl (C=O) groups is 1. The van der Waals surface area contributed by atoms with E-state index in [0.717, 1.165) is 12.8 Å². The molecule has 1 heterocycles. The van der Waals surface area contributed by atoms with E-state index < -0.39 is 21.3 Å². The number of nitrogens with zero attached hydrogens (tertiary/aromatic N) is 1. The zero-order chi connectivity index (χ0) is 17.2. The highest BCUT2D eigenvalue weighted by Crippen LogP contribution is 2.30. The molecule has 0 radical (unpaired) electrons. The Kier molecular flexibility index (Phi) is 4.48. The van der Waals surface area contributed by atoms with Gasteiger partial charge in [-0.2, -0.15) is 5.10 Å². The highest BCUT2D eigenvalue weighted by atomic mass is 32.2. The van der Waals surface area contributed by atoms with Crippen molar-refractivity contribution < 1.29 is 13.2 Å². The predicted molar refractivity (Wildman–Crippen MR) is 88.7 cm³/mol. The van der Waals surface area contributed by atoms with Crippen molar-refractivity contribution in [1.29, 1.82) is 0 Å². The number of rotatable bonds is 4. The van der Waals surface area contributed by atoms with Crippen molar-refractivity contribution in [2.75, 3.05) is 5.32 Å². The average molecular weight is 347 g/mol. The Balaban J connectivity index is 1.73. The fourth-order valence-corrected chi connectivity index (χ4v) is 4.64. The molecular formula is C16H17N3O4S. The SMILES string of the molecule is O=C(Nc1ccc(S(=O)(=O)C2CCCC2)cc1)c1ccc(=O)[nH]n1. The summed E-state index contributed by atoms with van der Waals surface area (Å²) in [6.45, 7) is 0. The van der Waals surface area contributed by atoms with Crippen LogP contribution in [0.25, 0.3) is 0 Å². The summed E-state index contributed by atoms with van der Waals surface area (Å²) in [5.74, 6) is -0.488. The van der Waals surface area contributed by atoms with Gasteiger partial charge in [-0.1, -0.05) is 12.8 Å². The first-order chi connectivity index (χ1) is 11.5. The highest BCUT2D eigenvalue weighted by Gasteiger charge is 2.30. The van der Waals surface area contributed by atoms with E-state index in [9.17, 15) is 18.0 Å². The van der Waals surface area contributed by atoms with Gasteiger partial charge in [0, 0.05) is 11.8 Å². The maximum absolute atomic E-state index is 12.5. The van der Waals surface area contributed by atoms with Crippen molar-refractivity contribution in [3.8, 4) is 0 Å². The normalized spacial score (nSPS) is 15.3. The Bertz CT molecular complexity index is 877. The smallest absolute Gasteiger partial charge is 0.276 e. The van der Waals surface area contributed by atoms with Gasteiger partial charge in [-0.05, 0) is 43.2 Å². The lowest BCUT2D eigenvalue weighted by Crippen LogP contribution is -2.18. The highest BCUT2D eigenvalue weighted by molar-refractivity contribution is 7.92. The number of nitrogens with one attached hydrogen (secondary N) is 2. The largest absolute Gasteiger partial charge is 0.321 e. The second-order valence-corrected chi connectivity index (χ2v) is 7.96. The van der Waals surface area contributed by atoms with Gasteiger partial charge in [0.15, 0.2) is 9.84 Å². The fourth-order valence-electron chi connectivity index (χ4n) is 2.79. The van der Waals surface area contributed by atoms with Crippen LogP contribution in [0.4, 0.5) is 5.69 Å². The third-order valence-corrected chi connectivity index (χ3v) is 6.37. The molecule has 0 spiro atoms. The molecule has 1 fully saturated rings. The Morgan fingerprint density at radius 2 is 1.75 bits per heavy atom. The quantitative estimate of drug-likeness (QED) is 0.875. The summed E-state index contributed by atoms with van der Waals surface area (Å²) in [5.41, 5.74) is 0.128. The summed E-state index contributed by atoms with van der Waals surface area (Å²) in [5, 5.41) is 8.12. The number of hydrogen-bond donors (Lipinski definition) is 2. The molecule has 0 atom stereocenters. The van der Waals surface area contributed by atoms with Crippen LogP contribution in [-0.2, 0) is 9.84 Å². The molecule has 2 aromatic rings. The molecule has 2 N–H and O–H groups in total. The molecule has 0 saturated heterocycles. The first kappa shape index (κ1) is 16.4. The van der Waals surface area contributed by atoms with E-state index in [1.165, 1.54) is 24.3 Å².